The van der Waals surface area contributed by atoms with Crippen molar-refractivity contribution in [2.45, 2.75) is 25.7 Å². The van der Waals surface area contributed by atoms with Crippen molar-refractivity contribution in [2.75, 3.05) is 0 Å². The molecule has 0 aromatic heterocycles. The van der Waals surface area contributed by atoms with Gasteiger partial charge in [0.05, 0.1) is 0 Å². The number of fused-ring (bicyclic) bond motifs is 8. The SMILES string of the molecule is CC(C)=C1C2c3ccccc3C1c1ccccc12. The molecular formula is C18H16. The summed E-state index contributed by atoms with van der Waals surface area (Å²) in [5.74, 6) is 1.04. The van der Waals surface area contributed by atoms with E-state index >= 15 is 0 Å². The van der Waals surface area contributed by atoms with Gasteiger partial charge in [-0.3, -0.25) is 0 Å². The minimum Gasteiger partial charge on any atom is -0.0753 e. The van der Waals surface area contributed by atoms with E-state index in [0.717, 1.165) is 0 Å². The molecule has 0 nitrogen and oxygen atoms in total. The van der Waals surface area contributed by atoms with E-state index in [1.54, 1.807) is 5.57 Å². The zero-order valence-electron chi connectivity index (χ0n) is 10.8. The van der Waals surface area contributed by atoms with Gasteiger partial charge in [-0.05, 0) is 41.7 Å². The first kappa shape index (κ1) is 10.1. The van der Waals surface area contributed by atoms with Crippen molar-refractivity contribution >= 4 is 0 Å². The molecule has 2 aliphatic rings. The third-order valence-corrected chi connectivity index (χ3v) is 4.44. The zero-order valence-corrected chi connectivity index (χ0v) is 10.8. The minimum absolute atomic E-state index is 0.521. The van der Waals surface area contributed by atoms with Crippen molar-refractivity contribution in [2.24, 2.45) is 0 Å². The Kier molecular flexibility index (Phi) is 1.89. The Bertz CT molecular complexity index is 572. The summed E-state index contributed by atoms with van der Waals surface area (Å²) >= 11 is 0. The quantitative estimate of drug-likeness (QED) is 0.582. The summed E-state index contributed by atoms with van der Waals surface area (Å²) < 4.78 is 0. The fraction of sp³-hybridized carbons (Fsp3) is 0.222. The zero-order chi connectivity index (χ0) is 12.3. The molecule has 0 heteroatoms. The average Bonchev–Trinajstić information content (AvgIpc) is 2.91. The Morgan fingerprint density at radius 1 is 0.667 bits per heavy atom. The molecule has 2 aromatic rings. The molecule has 18 heavy (non-hydrogen) atoms. The summed E-state index contributed by atoms with van der Waals surface area (Å²) in [7, 11) is 0. The minimum atomic E-state index is 0.521. The summed E-state index contributed by atoms with van der Waals surface area (Å²) in [6.07, 6.45) is 0. The molecule has 0 heterocycles. The van der Waals surface area contributed by atoms with Crippen LogP contribution in [-0.2, 0) is 0 Å². The van der Waals surface area contributed by atoms with Crippen LogP contribution in [0.4, 0.5) is 0 Å². The Morgan fingerprint density at radius 3 is 1.28 bits per heavy atom. The maximum absolute atomic E-state index is 2.30. The molecule has 0 fully saturated rings. The number of benzene rings is 2. The lowest BCUT2D eigenvalue weighted by Crippen LogP contribution is -2.01. The molecule has 0 aliphatic heterocycles. The van der Waals surface area contributed by atoms with Crippen LogP contribution >= 0.6 is 0 Å². The van der Waals surface area contributed by atoms with Gasteiger partial charge in [-0.15, -0.1) is 0 Å². The lowest BCUT2D eigenvalue weighted by Gasteiger charge is -2.17. The first-order valence-corrected chi connectivity index (χ1v) is 6.64. The first-order valence-electron chi connectivity index (χ1n) is 6.64. The molecule has 0 spiro atoms. The predicted octanol–water partition coefficient (Wildman–Crippen LogP) is 4.61. The van der Waals surface area contributed by atoms with Crippen LogP contribution in [0, 0.1) is 0 Å². The van der Waals surface area contributed by atoms with E-state index in [0.29, 0.717) is 11.8 Å². The van der Waals surface area contributed by atoms with Gasteiger partial charge >= 0.3 is 0 Å². The maximum Gasteiger partial charge on any atom is 0.0317 e. The lowest BCUT2D eigenvalue weighted by atomic mass is 9.86. The van der Waals surface area contributed by atoms with Gasteiger partial charge < -0.3 is 0 Å². The molecule has 2 aromatic carbocycles. The first-order chi connectivity index (χ1) is 8.79. The van der Waals surface area contributed by atoms with E-state index < -0.39 is 0 Å². The second-order valence-corrected chi connectivity index (χ2v) is 5.58. The number of rotatable bonds is 0. The van der Waals surface area contributed by atoms with Crippen LogP contribution < -0.4 is 0 Å². The highest BCUT2D eigenvalue weighted by molar-refractivity contribution is 5.69. The number of hydrogen-bond acceptors (Lipinski definition) is 0. The second-order valence-electron chi connectivity index (χ2n) is 5.58. The highest BCUT2D eigenvalue weighted by atomic mass is 14.5. The Morgan fingerprint density at radius 2 is 1.00 bits per heavy atom. The van der Waals surface area contributed by atoms with Crippen LogP contribution in [0.2, 0.25) is 0 Å². The molecule has 0 amide bonds. The standard InChI is InChI=1S/C18H16/c1-11(2)16-17-12-7-3-4-8-13(12)18(16)15-10-6-5-9-14(15)17/h3-10,17-18H,1-2H3. The van der Waals surface area contributed by atoms with Crippen molar-refractivity contribution < 1.29 is 0 Å². The molecule has 0 radical (unpaired) electrons. The van der Waals surface area contributed by atoms with Crippen LogP contribution in [0.3, 0.4) is 0 Å². The highest BCUT2D eigenvalue weighted by Crippen LogP contribution is 2.60. The van der Waals surface area contributed by atoms with Crippen molar-refractivity contribution in [3.8, 4) is 0 Å². The third-order valence-electron chi connectivity index (χ3n) is 4.44. The molecule has 88 valence electrons. The third kappa shape index (κ3) is 1.06. The molecule has 2 bridgehead atoms. The topological polar surface area (TPSA) is 0 Å². The molecule has 2 aliphatic carbocycles. The fourth-order valence-electron chi connectivity index (χ4n) is 3.82. The van der Waals surface area contributed by atoms with Crippen molar-refractivity contribution in [3.05, 3.63) is 81.9 Å². The van der Waals surface area contributed by atoms with Gasteiger partial charge in [0, 0.05) is 11.8 Å². The molecule has 0 N–H and O–H groups in total. The number of allylic oxidation sites excluding steroid dienone is 2. The van der Waals surface area contributed by atoms with E-state index in [4.69, 9.17) is 0 Å². The smallest absolute Gasteiger partial charge is 0.0317 e. The predicted molar refractivity (Wildman–Crippen MR) is 74.9 cm³/mol. The summed E-state index contributed by atoms with van der Waals surface area (Å²) in [5, 5.41) is 0. The molecule has 0 atom stereocenters. The van der Waals surface area contributed by atoms with Crippen LogP contribution in [0.15, 0.2) is 59.7 Å². The largest absolute Gasteiger partial charge is 0.0753 e. The van der Waals surface area contributed by atoms with Crippen LogP contribution in [0.25, 0.3) is 0 Å². The summed E-state index contributed by atoms with van der Waals surface area (Å²) in [5.41, 5.74) is 9.21. The monoisotopic (exact) mass is 232 g/mol. The molecule has 4 rings (SSSR count). The summed E-state index contributed by atoms with van der Waals surface area (Å²) in [4.78, 5) is 0. The maximum atomic E-state index is 2.30. The lowest BCUT2D eigenvalue weighted by molar-refractivity contribution is 0.982. The highest BCUT2D eigenvalue weighted by Gasteiger charge is 2.45. The Hall–Kier alpha value is -1.82. The van der Waals surface area contributed by atoms with Gasteiger partial charge in [0.1, 0.15) is 0 Å². The van der Waals surface area contributed by atoms with E-state index in [1.807, 2.05) is 0 Å². The van der Waals surface area contributed by atoms with Gasteiger partial charge in [-0.1, -0.05) is 54.1 Å². The normalized spacial score (nSPS) is 22.9. The van der Waals surface area contributed by atoms with Crippen molar-refractivity contribution in [1.82, 2.24) is 0 Å². The van der Waals surface area contributed by atoms with Crippen LogP contribution in [0.1, 0.15) is 47.9 Å². The van der Waals surface area contributed by atoms with Crippen LogP contribution in [0.5, 0.6) is 0 Å². The Labute approximate surface area is 108 Å². The number of hydrogen-bond donors (Lipinski definition) is 0. The molecule has 0 saturated carbocycles. The van der Waals surface area contributed by atoms with E-state index in [-0.39, 0.29) is 0 Å². The molecular weight excluding hydrogens is 216 g/mol. The van der Waals surface area contributed by atoms with E-state index in [2.05, 4.69) is 62.4 Å². The van der Waals surface area contributed by atoms with Crippen molar-refractivity contribution in [3.63, 3.8) is 0 Å². The second kappa shape index (κ2) is 3.35. The van der Waals surface area contributed by atoms with E-state index in [1.165, 1.54) is 27.8 Å². The van der Waals surface area contributed by atoms with E-state index in [9.17, 15) is 0 Å². The molecule has 0 unspecified atom stereocenters. The van der Waals surface area contributed by atoms with Crippen LogP contribution in [-0.4, -0.2) is 0 Å². The Balaban J connectivity index is 2.09. The summed E-state index contributed by atoms with van der Waals surface area (Å²) in [6, 6.07) is 17.9. The van der Waals surface area contributed by atoms with Crippen molar-refractivity contribution in [1.29, 1.82) is 0 Å². The average molecular weight is 232 g/mol. The van der Waals surface area contributed by atoms with Gasteiger partial charge in [0.15, 0.2) is 0 Å². The van der Waals surface area contributed by atoms with Gasteiger partial charge in [0.25, 0.3) is 0 Å². The van der Waals surface area contributed by atoms with Gasteiger partial charge in [-0.25, -0.2) is 0 Å². The van der Waals surface area contributed by atoms with Gasteiger partial charge in [-0.2, -0.15) is 0 Å². The molecule has 0 saturated heterocycles. The summed E-state index contributed by atoms with van der Waals surface area (Å²) in [6.45, 7) is 4.51. The fourth-order valence-corrected chi connectivity index (χ4v) is 3.82. The van der Waals surface area contributed by atoms with Gasteiger partial charge in [0.2, 0.25) is 0 Å².